The van der Waals surface area contributed by atoms with E-state index in [1.165, 1.54) is 19.3 Å². The van der Waals surface area contributed by atoms with Crippen LogP contribution in [0.4, 0.5) is 0 Å². The lowest BCUT2D eigenvalue weighted by Gasteiger charge is -2.58. The zero-order chi connectivity index (χ0) is 14.3. The fraction of sp³-hybridized carbons (Fsp3) is 0.824. The summed E-state index contributed by atoms with van der Waals surface area (Å²) in [7, 11) is 0. The fourth-order valence-electron chi connectivity index (χ4n) is 5.94. The maximum atomic E-state index is 12.0. The predicted molar refractivity (Wildman–Crippen MR) is 75.3 cm³/mol. The lowest BCUT2D eigenvalue weighted by atomic mass is 9.45. The Morgan fingerprint density at radius 1 is 1.25 bits per heavy atom. The Labute approximate surface area is 120 Å². The smallest absolute Gasteiger partial charge is 0.228 e. The molecule has 0 radical (unpaired) electrons. The minimum atomic E-state index is -0.361. The van der Waals surface area contributed by atoms with E-state index in [-0.39, 0.29) is 34.6 Å². The maximum Gasteiger partial charge on any atom is 0.228 e. The topological polar surface area (TPSA) is 49.8 Å². The Morgan fingerprint density at radius 3 is 2.75 bits per heavy atom. The van der Waals surface area contributed by atoms with Crippen molar-refractivity contribution in [2.24, 2.45) is 22.7 Å². The standard InChI is InChI=1S/C17H24O3/c1-15(2)6-4-7-16(3)11(15)5-8-17-12(16)9-10(18)13(19)14(17)20-17/h9,11-12,14,18H,4-8H2,1-3H3/t11-,12+,14-,16-,17+/m1/s1. The monoisotopic (exact) mass is 276 g/mol. The molecule has 0 amide bonds. The van der Waals surface area contributed by atoms with Gasteiger partial charge in [-0.1, -0.05) is 27.2 Å². The van der Waals surface area contributed by atoms with Crippen LogP contribution in [-0.2, 0) is 9.53 Å². The molecule has 0 aromatic rings. The molecular weight excluding hydrogens is 252 g/mol. The van der Waals surface area contributed by atoms with Gasteiger partial charge in [-0.3, -0.25) is 4.79 Å². The summed E-state index contributed by atoms with van der Waals surface area (Å²) in [5.74, 6) is 0.606. The normalized spacial score (nSPS) is 52.5. The van der Waals surface area contributed by atoms with Crippen molar-refractivity contribution in [2.75, 3.05) is 0 Å². The third-order valence-corrected chi connectivity index (χ3v) is 6.88. The summed E-state index contributed by atoms with van der Waals surface area (Å²) in [4.78, 5) is 12.0. The van der Waals surface area contributed by atoms with Gasteiger partial charge in [-0.2, -0.15) is 0 Å². The molecule has 4 rings (SSSR count). The summed E-state index contributed by atoms with van der Waals surface area (Å²) in [6.07, 6.45) is 7.30. The van der Waals surface area contributed by atoms with E-state index in [4.69, 9.17) is 4.74 Å². The minimum Gasteiger partial charge on any atom is -0.505 e. The molecule has 3 nitrogen and oxygen atoms in total. The Balaban J connectivity index is 1.80. The number of hydrogen-bond acceptors (Lipinski definition) is 3. The van der Waals surface area contributed by atoms with Crippen molar-refractivity contribution in [1.82, 2.24) is 0 Å². The van der Waals surface area contributed by atoms with E-state index in [2.05, 4.69) is 20.8 Å². The van der Waals surface area contributed by atoms with Gasteiger partial charge >= 0.3 is 0 Å². The molecule has 1 heterocycles. The van der Waals surface area contributed by atoms with Gasteiger partial charge in [0, 0.05) is 5.92 Å². The van der Waals surface area contributed by atoms with Gasteiger partial charge in [-0.15, -0.1) is 0 Å². The van der Waals surface area contributed by atoms with Gasteiger partial charge in [0.1, 0.15) is 5.60 Å². The van der Waals surface area contributed by atoms with Crippen LogP contribution in [-0.4, -0.2) is 22.6 Å². The third-order valence-electron chi connectivity index (χ3n) is 6.88. The molecule has 3 heteroatoms. The van der Waals surface area contributed by atoms with E-state index < -0.39 is 0 Å². The first-order chi connectivity index (χ1) is 9.31. The van der Waals surface area contributed by atoms with E-state index >= 15 is 0 Å². The highest BCUT2D eigenvalue weighted by Crippen LogP contribution is 2.68. The van der Waals surface area contributed by atoms with E-state index in [1.54, 1.807) is 0 Å². The van der Waals surface area contributed by atoms with Crippen LogP contribution in [0.3, 0.4) is 0 Å². The minimum absolute atomic E-state index is 0.0571. The van der Waals surface area contributed by atoms with Crippen LogP contribution < -0.4 is 0 Å². The summed E-state index contributed by atoms with van der Waals surface area (Å²) in [6.45, 7) is 7.13. The van der Waals surface area contributed by atoms with E-state index in [9.17, 15) is 9.90 Å². The zero-order valence-corrected chi connectivity index (χ0v) is 12.6. The van der Waals surface area contributed by atoms with Crippen molar-refractivity contribution >= 4 is 5.78 Å². The molecule has 1 spiro atoms. The summed E-state index contributed by atoms with van der Waals surface area (Å²) >= 11 is 0. The van der Waals surface area contributed by atoms with Crippen LogP contribution in [0.5, 0.6) is 0 Å². The number of aliphatic hydroxyl groups is 1. The quantitative estimate of drug-likeness (QED) is 0.690. The number of aliphatic hydroxyl groups excluding tert-OH is 1. The van der Waals surface area contributed by atoms with Crippen molar-refractivity contribution in [2.45, 2.75) is 64.6 Å². The van der Waals surface area contributed by atoms with Crippen LogP contribution >= 0.6 is 0 Å². The average molecular weight is 276 g/mol. The summed E-state index contributed by atoms with van der Waals surface area (Å²) in [5, 5.41) is 9.98. The van der Waals surface area contributed by atoms with Crippen LogP contribution in [0.25, 0.3) is 0 Å². The molecule has 110 valence electrons. The van der Waals surface area contributed by atoms with Gasteiger partial charge in [-0.25, -0.2) is 0 Å². The molecule has 1 aliphatic heterocycles. The second kappa shape index (κ2) is 3.49. The molecule has 1 saturated heterocycles. The molecule has 3 fully saturated rings. The molecule has 0 unspecified atom stereocenters. The third kappa shape index (κ3) is 1.33. The first-order valence-electron chi connectivity index (χ1n) is 7.94. The number of hydrogen-bond donors (Lipinski definition) is 1. The second-order valence-corrected chi connectivity index (χ2v) is 8.29. The Kier molecular flexibility index (Phi) is 2.25. The average Bonchev–Trinajstić information content (AvgIpc) is 3.07. The van der Waals surface area contributed by atoms with Crippen molar-refractivity contribution in [3.8, 4) is 0 Å². The Bertz CT molecular complexity index is 520. The molecule has 1 N–H and O–H groups in total. The van der Waals surface area contributed by atoms with E-state index in [0.29, 0.717) is 11.3 Å². The van der Waals surface area contributed by atoms with Crippen molar-refractivity contribution in [3.63, 3.8) is 0 Å². The van der Waals surface area contributed by atoms with Gasteiger partial charge < -0.3 is 9.84 Å². The number of fused-ring (bicyclic) bond motifs is 2. The van der Waals surface area contributed by atoms with Crippen molar-refractivity contribution in [1.29, 1.82) is 0 Å². The summed E-state index contributed by atoms with van der Waals surface area (Å²) < 4.78 is 5.87. The number of Topliss-reactive ketones (excluding diaryl/α,β-unsaturated/α-hetero) is 1. The maximum absolute atomic E-state index is 12.0. The highest BCUT2D eigenvalue weighted by molar-refractivity contribution is 6.01. The van der Waals surface area contributed by atoms with E-state index in [0.717, 1.165) is 12.8 Å². The van der Waals surface area contributed by atoms with Crippen LogP contribution in [0.15, 0.2) is 11.8 Å². The zero-order valence-electron chi connectivity index (χ0n) is 12.6. The van der Waals surface area contributed by atoms with Crippen molar-refractivity contribution < 1.29 is 14.6 Å². The molecule has 4 aliphatic rings. The number of carbonyl (C=O) groups is 1. The van der Waals surface area contributed by atoms with Gasteiger partial charge in [0.05, 0.1) is 0 Å². The SMILES string of the molecule is CC1(C)CCC[C@]2(C)[C@@H]1CC[C@@]13O[C@@H]1C(=O)C(O)=C[C@@H]23. The molecule has 3 aliphatic carbocycles. The molecule has 0 aromatic heterocycles. The number of ketones is 1. The van der Waals surface area contributed by atoms with Crippen LogP contribution in [0.1, 0.15) is 52.9 Å². The van der Waals surface area contributed by atoms with Gasteiger partial charge in [0.15, 0.2) is 11.9 Å². The lowest BCUT2D eigenvalue weighted by molar-refractivity contribution is -0.120. The predicted octanol–water partition coefficient (Wildman–Crippen LogP) is 3.39. The highest BCUT2D eigenvalue weighted by Gasteiger charge is 2.73. The molecule has 0 bridgehead atoms. The lowest BCUT2D eigenvalue weighted by Crippen LogP contribution is -2.56. The van der Waals surface area contributed by atoms with Crippen LogP contribution in [0, 0.1) is 22.7 Å². The van der Waals surface area contributed by atoms with Crippen LogP contribution in [0.2, 0.25) is 0 Å². The largest absolute Gasteiger partial charge is 0.505 e. The number of carbonyl (C=O) groups excluding carboxylic acids is 1. The number of rotatable bonds is 0. The molecular formula is C17H24O3. The van der Waals surface area contributed by atoms with Gasteiger partial charge in [-0.05, 0) is 48.5 Å². The number of ether oxygens (including phenoxy) is 1. The Hall–Kier alpha value is -0.830. The molecule has 2 saturated carbocycles. The summed E-state index contributed by atoms with van der Waals surface area (Å²) in [5.41, 5.74) is 0.231. The van der Waals surface area contributed by atoms with Gasteiger partial charge in [0.2, 0.25) is 5.78 Å². The Morgan fingerprint density at radius 2 is 2.00 bits per heavy atom. The molecule has 20 heavy (non-hydrogen) atoms. The fourth-order valence-corrected chi connectivity index (χ4v) is 5.94. The molecule has 0 aromatic carbocycles. The van der Waals surface area contributed by atoms with E-state index in [1.807, 2.05) is 6.08 Å². The second-order valence-electron chi connectivity index (χ2n) is 8.29. The first-order valence-corrected chi connectivity index (χ1v) is 7.94. The van der Waals surface area contributed by atoms with Crippen molar-refractivity contribution in [3.05, 3.63) is 11.8 Å². The summed E-state index contributed by atoms with van der Waals surface area (Å²) in [6, 6.07) is 0. The number of epoxide rings is 1. The van der Waals surface area contributed by atoms with Gasteiger partial charge in [0.25, 0.3) is 0 Å². The molecule has 5 atom stereocenters. The first kappa shape index (κ1) is 12.9. The highest BCUT2D eigenvalue weighted by atomic mass is 16.6.